The molecule has 25 heavy (non-hydrogen) atoms. The molecule has 0 N–H and O–H groups in total. The maximum atomic E-state index is 11.5. The summed E-state index contributed by atoms with van der Waals surface area (Å²) in [5.41, 5.74) is 1.17. The minimum atomic E-state index is -1.84. The lowest BCUT2D eigenvalue weighted by molar-refractivity contribution is -0.167. The van der Waals surface area contributed by atoms with Gasteiger partial charge in [-0.2, -0.15) is 5.06 Å². The average molecular weight is 364 g/mol. The highest BCUT2D eigenvalue weighted by Crippen LogP contribution is 2.24. The Labute approximate surface area is 153 Å². The first-order chi connectivity index (χ1) is 11.6. The maximum absolute atomic E-state index is 11.5. The van der Waals surface area contributed by atoms with Gasteiger partial charge in [-0.25, -0.2) is 0 Å². The van der Waals surface area contributed by atoms with Crippen molar-refractivity contribution in [3.63, 3.8) is 0 Å². The van der Waals surface area contributed by atoms with Crippen LogP contribution in [0.25, 0.3) is 0 Å². The van der Waals surface area contributed by atoms with E-state index < -0.39 is 14.4 Å². The number of hydroxylamine groups is 2. The number of carbonyl (C=O) groups is 1. The molecule has 0 amide bonds. The summed E-state index contributed by atoms with van der Waals surface area (Å²) >= 11 is 0. The van der Waals surface area contributed by atoms with Crippen molar-refractivity contribution in [3.05, 3.63) is 48.6 Å². The van der Waals surface area contributed by atoms with Gasteiger partial charge in [0, 0.05) is 13.5 Å². The number of carbonyl (C=O) groups excluding carboxylic acids is 1. The molecular weight excluding hydrogens is 330 g/mol. The summed E-state index contributed by atoms with van der Waals surface area (Å²) in [4.78, 5) is 11.5. The summed E-state index contributed by atoms with van der Waals surface area (Å²) in [6.45, 7) is 16.8. The molecule has 1 rings (SSSR count). The summed E-state index contributed by atoms with van der Waals surface area (Å²) in [5.74, 6) is 0.137. The van der Waals surface area contributed by atoms with Gasteiger partial charge in [0.1, 0.15) is 6.10 Å². The second kappa shape index (κ2) is 9.90. The summed E-state index contributed by atoms with van der Waals surface area (Å²) in [6.07, 6.45) is 2.15. The van der Waals surface area contributed by atoms with E-state index in [0.29, 0.717) is 12.5 Å². The molecule has 5 heteroatoms. The fraction of sp³-hybridized carbons (Fsp3) is 0.550. The van der Waals surface area contributed by atoms with Gasteiger partial charge < -0.3 is 9.26 Å². The van der Waals surface area contributed by atoms with Gasteiger partial charge in [-0.1, -0.05) is 50.8 Å². The van der Waals surface area contributed by atoms with E-state index in [1.807, 2.05) is 23.3 Å². The highest BCUT2D eigenvalue weighted by atomic mass is 28.4. The molecule has 2 atom stereocenters. The molecule has 0 aliphatic carbocycles. The van der Waals surface area contributed by atoms with E-state index >= 15 is 0 Å². The first-order valence-corrected chi connectivity index (χ1v) is 12.3. The molecule has 0 saturated heterocycles. The van der Waals surface area contributed by atoms with Crippen LogP contribution in [0.2, 0.25) is 19.6 Å². The number of nitrogens with zero attached hydrogens (tertiary/aromatic N) is 1. The Morgan fingerprint density at radius 1 is 1.24 bits per heavy atom. The summed E-state index contributed by atoms with van der Waals surface area (Å²) < 4.78 is 11.9. The largest absolute Gasteiger partial charge is 0.457 e. The van der Waals surface area contributed by atoms with Crippen molar-refractivity contribution in [2.45, 2.75) is 65.5 Å². The average Bonchev–Trinajstić information content (AvgIpc) is 2.49. The van der Waals surface area contributed by atoms with Crippen molar-refractivity contribution in [1.29, 1.82) is 0 Å². The van der Waals surface area contributed by atoms with Crippen LogP contribution in [0.15, 0.2) is 43.0 Å². The normalized spacial score (nSPS) is 14.4. The van der Waals surface area contributed by atoms with Crippen LogP contribution >= 0.6 is 0 Å². The third-order valence-electron chi connectivity index (χ3n) is 3.57. The standard InChI is InChI=1S/C20H33NO3Si/c1-8-20(23-17(4)22)19(14-16(2)3)21(24-25(5,6)7)15-18-12-10-9-11-13-18/h8-13,16,19-20H,1,14-15H2,2-7H3/t19-,20+/m1/s1. The van der Waals surface area contributed by atoms with Crippen LogP contribution in [-0.2, 0) is 20.6 Å². The fourth-order valence-electron chi connectivity index (χ4n) is 2.71. The van der Waals surface area contributed by atoms with Crippen LogP contribution in [0.1, 0.15) is 32.8 Å². The summed E-state index contributed by atoms with van der Waals surface area (Å²) in [5, 5.41) is 2.01. The van der Waals surface area contributed by atoms with Gasteiger partial charge in [0.2, 0.25) is 8.32 Å². The molecule has 0 aromatic heterocycles. The summed E-state index contributed by atoms with van der Waals surface area (Å²) in [6, 6.07) is 10.1. The second-order valence-electron chi connectivity index (χ2n) is 7.77. The fourth-order valence-corrected chi connectivity index (χ4v) is 3.61. The smallest absolute Gasteiger partial charge is 0.303 e. The molecule has 0 spiro atoms. The molecule has 0 bridgehead atoms. The monoisotopic (exact) mass is 363 g/mol. The van der Waals surface area contributed by atoms with E-state index in [2.05, 4.69) is 52.2 Å². The van der Waals surface area contributed by atoms with Crippen LogP contribution < -0.4 is 0 Å². The van der Waals surface area contributed by atoms with Crippen molar-refractivity contribution in [2.75, 3.05) is 0 Å². The van der Waals surface area contributed by atoms with E-state index in [9.17, 15) is 4.79 Å². The molecule has 0 unspecified atom stereocenters. The van der Waals surface area contributed by atoms with Crippen LogP contribution in [0.5, 0.6) is 0 Å². The predicted molar refractivity (Wildman–Crippen MR) is 105 cm³/mol. The van der Waals surface area contributed by atoms with Crippen LogP contribution in [0.4, 0.5) is 0 Å². The van der Waals surface area contributed by atoms with Crippen molar-refractivity contribution in [1.82, 2.24) is 5.06 Å². The second-order valence-corrected chi connectivity index (χ2v) is 12.2. The third-order valence-corrected chi connectivity index (χ3v) is 4.35. The minimum Gasteiger partial charge on any atom is -0.457 e. The zero-order chi connectivity index (χ0) is 19.0. The highest BCUT2D eigenvalue weighted by molar-refractivity contribution is 6.69. The van der Waals surface area contributed by atoms with Crippen LogP contribution in [0.3, 0.4) is 0 Å². The molecule has 4 nitrogen and oxygen atoms in total. The molecule has 1 aromatic carbocycles. The molecular formula is C20H33NO3Si. The number of hydrogen-bond acceptors (Lipinski definition) is 4. The lowest BCUT2D eigenvalue weighted by Gasteiger charge is -2.39. The van der Waals surface area contributed by atoms with Crippen molar-refractivity contribution in [2.24, 2.45) is 5.92 Å². The Bertz CT molecular complexity index is 540. The number of benzene rings is 1. The zero-order valence-electron chi connectivity index (χ0n) is 16.5. The quantitative estimate of drug-likeness (QED) is 0.259. The molecule has 0 fully saturated rings. The molecule has 0 aliphatic heterocycles. The van der Waals surface area contributed by atoms with E-state index in [0.717, 1.165) is 6.42 Å². The number of ether oxygens (including phenoxy) is 1. The van der Waals surface area contributed by atoms with Gasteiger partial charge in [-0.15, -0.1) is 0 Å². The molecule has 1 aromatic rings. The molecule has 0 aliphatic rings. The van der Waals surface area contributed by atoms with Gasteiger partial charge in [0.05, 0.1) is 6.04 Å². The van der Waals surface area contributed by atoms with Gasteiger partial charge in [0.25, 0.3) is 0 Å². The molecule has 0 heterocycles. The highest BCUT2D eigenvalue weighted by Gasteiger charge is 2.33. The van der Waals surface area contributed by atoms with E-state index in [-0.39, 0.29) is 12.0 Å². The predicted octanol–water partition coefficient (Wildman–Crippen LogP) is 4.79. The Morgan fingerprint density at radius 2 is 1.84 bits per heavy atom. The Hall–Kier alpha value is -1.43. The van der Waals surface area contributed by atoms with E-state index in [1.54, 1.807) is 6.08 Å². The zero-order valence-corrected chi connectivity index (χ0v) is 17.5. The number of rotatable bonds is 10. The van der Waals surface area contributed by atoms with Crippen molar-refractivity contribution >= 4 is 14.3 Å². The van der Waals surface area contributed by atoms with Gasteiger partial charge >= 0.3 is 5.97 Å². The van der Waals surface area contributed by atoms with Crippen LogP contribution in [0, 0.1) is 5.92 Å². The Balaban J connectivity index is 3.15. The topological polar surface area (TPSA) is 38.8 Å². The number of hydrogen-bond donors (Lipinski definition) is 0. The first kappa shape index (κ1) is 21.6. The summed E-state index contributed by atoms with van der Waals surface area (Å²) in [7, 11) is -1.84. The van der Waals surface area contributed by atoms with Gasteiger partial charge in [0.15, 0.2) is 0 Å². The van der Waals surface area contributed by atoms with Gasteiger partial charge in [-0.3, -0.25) is 4.79 Å². The first-order valence-electron chi connectivity index (χ1n) is 8.92. The van der Waals surface area contributed by atoms with Crippen LogP contribution in [-0.4, -0.2) is 31.5 Å². The lowest BCUT2D eigenvalue weighted by atomic mass is 9.98. The van der Waals surface area contributed by atoms with Crippen molar-refractivity contribution in [3.8, 4) is 0 Å². The maximum Gasteiger partial charge on any atom is 0.303 e. The SMILES string of the molecule is C=C[C@H](OC(C)=O)[C@@H](CC(C)C)N(Cc1ccccc1)O[Si](C)(C)C. The molecule has 0 radical (unpaired) electrons. The van der Waals surface area contributed by atoms with E-state index in [4.69, 9.17) is 9.26 Å². The number of esters is 1. The Kier molecular flexibility index (Phi) is 8.55. The van der Waals surface area contributed by atoms with Gasteiger partial charge in [-0.05, 0) is 43.6 Å². The molecule has 140 valence electrons. The lowest BCUT2D eigenvalue weighted by Crippen LogP contribution is -2.49. The molecule has 0 saturated carbocycles. The van der Waals surface area contributed by atoms with E-state index in [1.165, 1.54) is 12.5 Å². The van der Waals surface area contributed by atoms with Crippen molar-refractivity contribution < 1.29 is 14.1 Å². The third kappa shape index (κ3) is 8.47. The Morgan fingerprint density at radius 3 is 2.28 bits per heavy atom. The minimum absolute atomic E-state index is 0.0756.